The van der Waals surface area contributed by atoms with Crippen LogP contribution in [0, 0.1) is 5.82 Å². The number of ether oxygens (including phenoxy) is 3. The minimum Gasteiger partial charge on any atom is -0.490 e. The second kappa shape index (κ2) is 12.1. The van der Waals surface area contributed by atoms with Gasteiger partial charge in [0.1, 0.15) is 12.4 Å². The first-order valence-electron chi connectivity index (χ1n) is 11.7. The van der Waals surface area contributed by atoms with Crippen LogP contribution in [0.25, 0.3) is 0 Å². The Hall–Kier alpha value is -3.30. The fourth-order valence-electron chi connectivity index (χ4n) is 3.99. The van der Waals surface area contributed by atoms with Crippen LogP contribution < -0.4 is 19.7 Å². The number of rotatable bonds is 10. The fraction of sp³-hybridized carbons (Fsp3) is 0.296. The maximum absolute atomic E-state index is 14.0. The van der Waals surface area contributed by atoms with Crippen LogP contribution in [0.5, 0.6) is 11.5 Å². The molecule has 1 heterocycles. The van der Waals surface area contributed by atoms with Gasteiger partial charge in [0.25, 0.3) is 0 Å². The summed E-state index contributed by atoms with van der Waals surface area (Å²) >= 11 is 3.55. The summed E-state index contributed by atoms with van der Waals surface area (Å²) in [6, 6.07) is 15.6. The van der Waals surface area contributed by atoms with Gasteiger partial charge in [-0.05, 0) is 64.8 Å². The molecular formula is C27H28BrFN2O5. The summed E-state index contributed by atoms with van der Waals surface area (Å²) in [5.41, 5.74) is 2.98. The number of anilines is 2. The van der Waals surface area contributed by atoms with E-state index in [9.17, 15) is 14.3 Å². The van der Waals surface area contributed by atoms with Crippen LogP contribution in [0.3, 0.4) is 0 Å². The minimum atomic E-state index is -0.974. The molecule has 1 saturated heterocycles. The van der Waals surface area contributed by atoms with Crippen molar-refractivity contribution in [3.05, 3.63) is 81.6 Å². The molecule has 1 aliphatic heterocycles. The Morgan fingerprint density at radius 2 is 1.92 bits per heavy atom. The van der Waals surface area contributed by atoms with E-state index in [1.807, 2.05) is 36.1 Å². The van der Waals surface area contributed by atoms with Gasteiger partial charge in [0.05, 0.1) is 35.5 Å². The number of nitrogens with zero attached hydrogens (tertiary/aromatic N) is 1. The van der Waals surface area contributed by atoms with E-state index < -0.39 is 5.97 Å². The highest BCUT2D eigenvalue weighted by molar-refractivity contribution is 9.10. The quantitative estimate of drug-likeness (QED) is 0.329. The monoisotopic (exact) mass is 558 g/mol. The van der Waals surface area contributed by atoms with Gasteiger partial charge in [-0.2, -0.15) is 0 Å². The van der Waals surface area contributed by atoms with Crippen LogP contribution in [0.1, 0.15) is 28.4 Å². The van der Waals surface area contributed by atoms with E-state index in [0.29, 0.717) is 72.4 Å². The first kappa shape index (κ1) is 25.8. The summed E-state index contributed by atoms with van der Waals surface area (Å²) < 4.78 is 31.8. The molecule has 0 saturated carbocycles. The summed E-state index contributed by atoms with van der Waals surface area (Å²) in [5.74, 6) is -0.272. The highest BCUT2D eigenvalue weighted by atomic mass is 79.9. The van der Waals surface area contributed by atoms with Crippen molar-refractivity contribution in [3.8, 4) is 11.5 Å². The van der Waals surface area contributed by atoms with Gasteiger partial charge in [0.2, 0.25) is 0 Å². The third-order valence-corrected chi connectivity index (χ3v) is 6.36. The Labute approximate surface area is 217 Å². The maximum Gasteiger partial charge on any atom is 0.337 e. The number of morpholine rings is 1. The van der Waals surface area contributed by atoms with Gasteiger partial charge >= 0.3 is 5.97 Å². The SMILES string of the molecule is CCOc1cc(CNc2ccc(N3CCOCC3)c(C(=O)O)c2)cc(Br)c1OCc1ccccc1F. The number of halogens is 2. The van der Waals surface area contributed by atoms with Gasteiger partial charge in [-0.25, -0.2) is 9.18 Å². The zero-order valence-electron chi connectivity index (χ0n) is 19.9. The molecule has 0 bridgehead atoms. The Kier molecular flexibility index (Phi) is 8.66. The summed E-state index contributed by atoms with van der Waals surface area (Å²) in [5, 5.41) is 13.1. The molecule has 0 amide bonds. The molecule has 4 rings (SSSR count). The van der Waals surface area contributed by atoms with Crippen molar-refractivity contribution in [2.45, 2.75) is 20.1 Å². The third kappa shape index (κ3) is 6.27. The van der Waals surface area contributed by atoms with Crippen LogP contribution in [-0.2, 0) is 17.9 Å². The lowest BCUT2D eigenvalue weighted by Gasteiger charge is -2.30. The molecule has 36 heavy (non-hydrogen) atoms. The van der Waals surface area contributed by atoms with E-state index in [4.69, 9.17) is 14.2 Å². The molecule has 3 aromatic rings. The Morgan fingerprint density at radius 3 is 2.64 bits per heavy atom. The van der Waals surface area contributed by atoms with Crippen molar-refractivity contribution >= 4 is 33.3 Å². The van der Waals surface area contributed by atoms with Gasteiger partial charge in [-0.3, -0.25) is 0 Å². The number of nitrogens with one attached hydrogen (secondary N) is 1. The van der Waals surface area contributed by atoms with Gasteiger partial charge in [-0.1, -0.05) is 18.2 Å². The highest BCUT2D eigenvalue weighted by Crippen LogP contribution is 2.38. The Bertz CT molecular complexity index is 1220. The van der Waals surface area contributed by atoms with Crippen LogP contribution >= 0.6 is 15.9 Å². The first-order valence-corrected chi connectivity index (χ1v) is 12.5. The van der Waals surface area contributed by atoms with E-state index in [1.54, 1.807) is 24.3 Å². The van der Waals surface area contributed by atoms with Crippen molar-refractivity contribution in [3.63, 3.8) is 0 Å². The van der Waals surface area contributed by atoms with E-state index in [1.165, 1.54) is 6.07 Å². The lowest BCUT2D eigenvalue weighted by atomic mass is 10.1. The third-order valence-electron chi connectivity index (χ3n) is 5.77. The second-order valence-electron chi connectivity index (χ2n) is 8.21. The number of hydrogen-bond donors (Lipinski definition) is 2. The second-order valence-corrected chi connectivity index (χ2v) is 9.06. The summed E-state index contributed by atoms with van der Waals surface area (Å²) in [6.45, 7) is 5.29. The molecule has 0 aromatic heterocycles. The lowest BCUT2D eigenvalue weighted by Crippen LogP contribution is -2.37. The molecule has 1 fully saturated rings. The zero-order chi connectivity index (χ0) is 25.5. The highest BCUT2D eigenvalue weighted by Gasteiger charge is 2.19. The largest absolute Gasteiger partial charge is 0.490 e. The smallest absolute Gasteiger partial charge is 0.337 e. The van der Waals surface area contributed by atoms with Crippen molar-refractivity contribution in [2.75, 3.05) is 43.1 Å². The number of benzene rings is 3. The minimum absolute atomic E-state index is 0.0659. The van der Waals surface area contributed by atoms with Gasteiger partial charge in [0.15, 0.2) is 11.5 Å². The van der Waals surface area contributed by atoms with E-state index in [2.05, 4.69) is 21.2 Å². The summed E-state index contributed by atoms with van der Waals surface area (Å²) in [4.78, 5) is 14.0. The van der Waals surface area contributed by atoms with Crippen LogP contribution in [-0.4, -0.2) is 44.0 Å². The fourth-order valence-corrected chi connectivity index (χ4v) is 4.60. The maximum atomic E-state index is 14.0. The van der Waals surface area contributed by atoms with E-state index >= 15 is 0 Å². The van der Waals surface area contributed by atoms with E-state index in [-0.39, 0.29) is 18.0 Å². The van der Waals surface area contributed by atoms with Crippen molar-refractivity contribution in [1.82, 2.24) is 0 Å². The first-order chi connectivity index (χ1) is 17.5. The molecule has 7 nitrogen and oxygen atoms in total. The van der Waals surface area contributed by atoms with Crippen molar-refractivity contribution in [2.24, 2.45) is 0 Å². The molecule has 0 aliphatic carbocycles. The average Bonchev–Trinajstić information content (AvgIpc) is 2.88. The molecule has 0 unspecified atom stereocenters. The van der Waals surface area contributed by atoms with Crippen molar-refractivity contribution in [1.29, 1.82) is 0 Å². The van der Waals surface area contributed by atoms with Crippen LogP contribution in [0.4, 0.5) is 15.8 Å². The average molecular weight is 559 g/mol. The molecule has 2 N–H and O–H groups in total. The van der Waals surface area contributed by atoms with E-state index in [0.717, 1.165) is 5.56 Å². The van der Waals surface area contributed by atoms with Crippen molar-refractivity contribution < 1.29 is 28.5 Å². The molecule has 0 radical (unpaired) electrons. The summed E-state index contributed by atoms with van der Waals surface area (Å²) in [7, 11) is 0. The summed E-state index contributed by atoms with van der Waals surface area (Å²) in [6.07, 6.45) is 0. The Morgan fingerprint density at radius 1 is 1.14 bits per heavy atom. The Balaban J connectivity index is 1.49. The number of carbonyl (C=O) groups is 1. The predicted molar refractivity (Wildman–Crippen MR) is 140 cm³/mol. The molecule has 1 aliphatic rings. The number of carboxylic acid groups (broad SMARTS) is 1. The van der Waals surface area contributed by atoms with Crippen LogP contribution in [0.2, 0.25) is 0 Å². The van der Waals surface area contributed by atoms with Crippen LogP contribution in [0.15, 0.2) is 59.1 Å². The van der Waals surface area contributed by atoms with Gasteiger partial charge < -0.3 is 29.5 Å². The molecule has 0 spiro atoms. The topological polar surface area (TPSA) is 80.3 Å². The number of hydrogen-bond acceptors (Lipinski definition) is 6. The molecular weight excluding hydrogens is 531 g/mol. The predicted octanol–water partition coefficient (Wildman–Crippen LogP) is 5.71. The molecule has 190 valence electrons. The van der Waals surface area contributed by atoms with Gasteiger partial charge in [-0.15, -0.1) is 0 Å². The number of carboxylic acids is 1. The standard InChI is InChI=1S/C27H28BrFN2O5/c1-2-35-25-14-18(13-22(28)26(25)36-17-19-5-3-4-6-23(19)29)16-30-20-7-8-24(21(15-20)27(32)33)31-9-11-34-12-10-31/h3-8,13-15,30H,2,9-12,16-17H2,1H3,(H,32,33). The van der Waals surface area contributed by atoms with Gasteiger partial charge in [0, 0.05) is 30.9 Å². The molecule has 3 aromatic carbocycles. The molecule has 9 heteroatoms. The lowest BCUT2D eigenvalue weighted by molar-refractivity contribution is 0.0696. The normalized spacial score (nSPS) is 13.4. The zero-order valence-corrected chi connectivity index (χ0v) is 21.5. The molecule has 0 atom stereocenters. The number of aromatic carboxylic acids is 1.